The van der Waals surface area contributed by atoms with Crippen LogP contribution in [0.3, 0.4) is 0 Å². The second-order valence-electron chi connectivity index (χ2n) is 3.85. The van der Waals surface area contributed by atoms with Crippen molar-refractivity contribution in [3.8, 4) is 0 Å². The summed E-state index contributed by atoms with van der Waals surface area (Å²) >= 11 is 0. The third-order valence-corrected chi connectivity index (χ3v) is 2.10. The molecule has 0 unspecified atom stereocenters. The van der Waals surface area contributed by atoms with Crippen molar-refractivity contribution in [3.05, 3.63) is 27.9 Å². The van der Waals surface area contributed by atoms with Gasteiger partial charge in [0.2, 0.25) is 0 Å². The normalized spacial score (nSPS) is 11.8. The number of rotatable bonds is 6. The van der Waals surface area contributed by atoms with Gasteiger partial charge in [0.15, 0.2) is 0 Å². The number of halogens is 3. The molecule has 1 aromatic heterocycles. The highest BCUT2D eigenvalue weighted by Crippen LogP contribution is 2.14. The molecule has 102 valence electrons. The van der Waals surface area contributed by atoms with E-state index in [-0.39, 0.29) is 18.6 Å². The van der Waals surface area contributed by atoms with Gasteiger partial charge in [-0.05, 0) is 6.42 Å². The Morgan fingerprint density at radius 2 is 2.11 bits per heavy atom. The largest absolute Gasteiger partial charge is 0.411 e. The fourth-order valence-electron chi connectivity index (χ4n) is 1.42. The van der Waals surface area contributed by atoms with E-state index in [0.29, 0.717) is 17.9 Å². The van der Waals surface area contributed by atoms with Gasteiger partial charge in [-0.2, -0.15) is 13.2 Å². The molecule has 0 saturated carbocycles. The summed E-state index contributed by atoms with van der Waals surface area (Å²) in [5, 5.41) is 0. The zero-order valence-corrected chi connectivity index (χ0v) is 10.0. The maximum Gasteiger partial charge on any atom is 0.411 e. The van der Waals surface area contributed by atoms with Gasteiger partial charge < -0.3 is 9.72 Å². The summed E-state index contributed by atoms with van der Waals surface area (Å²) in [6, 6.07) is 1.39. The van der Waals surface area contributed by atoms with Crippen LogP contribution in [0.5, 0.6) is 0 Å². The number of hydrogen-bond donors (Lipinski definition) is 1. The molecular formula is C11H15F3N2O2. The lowest BCUT2D eigenvalue weighted by molar-refractivity contribution is -0.173. The molecule has 0 aliphatic carbocycles. The lowest BCUT2D eigenvalue weighted by Gasteiger charge is -2.07. The number of aromatic amines is 1. The van der Waals surface area contributed by atoms with Crippen molar-refractivity contribution in [1.82, 2.24) is 9.97 Å². The van der Waals surface area contributed by atoms with E-state index in [9.17, 15) is 18.0 Å². The van der Waals surface area contributed by atoms with E-state index in [1.165, 1.54) is 6.07 Å². The standard InChI is InChI=1S/C11H15F3N2O2/c1-2-3-8-6-10(17)16-9(15-8)4-5-18-7-11(12,13)14/h6H,2-5,7H2,1H3,(H,15,16,17). The fraction of sp³-hybridized carbons (Fsp3) is 0.636. The molecule has 0 atom stereocenters. The Balaban J connectivity index is 2.49. The molecule has 7 heteroatoms. The first-order valence-corrected chi connectivity index (χ1v) is 5.64. The molecule has 0 aliphatic rings. The maximum absolute atomic E-state index is 11.8. The van der Waals surface area contributed by atoms with E-state index in [4.69, 9.17) is 0 Å². The number of hydrogen-bond acceptors (Lipinski definition) is 3. The van der Waals surface area contributed by atoms with Crippen LogP contribution in [0.4, 0.5) is 13.2 Å². The Bertz CT molecular complexity index is 429. The van der Waals surface area contributed by atoms with Crippen LogP contribution in [0.2, 0.25) is 0 Å². The summed E-state index contributed by atoms with van der Waals surface area (Å²) in [5.41, 5.74) is 0.353. The smallest absolute Gasteiger partial charge is 0.372 e. The van der Waals surface area contributed by atoms with Gasteiger partial charge in [0.05, 0.1) is 6.61 Å². The molecule has 0 fully saturated rings. The summed E-state index contributed by atoms with van der Waals surface area (Å²) < 4.78 is 39.9. The molecule has 4 nitrogen and oxygen atoms in total. The Morgan fingerprint density at radius 3 is 2.72 bits per heavy atom. The molecule has 1 rings (SSSR count). The highest BCUT2D eigenvalue weighted by molar-refractivity contribution is 5.03. The average molecular weight is 264 g/mol. The second kappa shape index (κ2) is 6.53. The van der Waals surface area contributed by atoms with E-state index in [1.807, 2.05) is 6.92 Å². The van der Waals surface area contributed by atoms with Gasteiger partial charge >= 0.3 is 6.18 Å². The number of nitrogens with zero attached hydrogens (tertiary/aromatic N) is 1. The summed E-state index contributed by atoms with van der Waals surface area (Å²) in [7, 11) is 0. The molecular weight excluding hydrogens is 249 g/mol. The molecule has 1 N–H and O–H groups in total. The van der Waals surface area contributed by atoms with Crippen molar-refractivity contribution < 1.29 is 17.9 Å². The lowest BCUT2D eigenvalue weighted by atomic mass is 10.2. The molecule has 18 heavy (non-hydrogen) atoms. The van der Waals surface area contributed by atoms with Crippen LogP contribution in [0.15, 0.2) is 10.9 Å². The van der Waals surface area contributed by atoms with Crippen molar-refractivity contribution in [3.63, 3.8) is 0 Å². The molecule has 1 heterocycles. The first-order valence-electron chi connectivity index (χ1n) is 5.64. The number of nitrogens with one attached hydrogen (secondary N) is 1. The minimum absolute atomic E-state index is 0.127. The number of alkyl halides is 3. The van der Waals surface area contributed by atoms with Crippen LogP contribution >= 0.6 is 0 Å². The number of aryl methyl sites for hydroxylation is 1. The van der Waals surface area contributed by atoms with Crippen LogP contribution in [-0.2, 0) is 17.6 Å². The Morgan fingerprint density at radius 1 is 1.39 bits per heavy atom. The summed E-state index contributed by atoms with van der Waals surface area (Å²) in [6.07, 6.45) is -2.66. The van der Waals surface area contributed by atoms with Crippen molar-refractivity contribution in [2.24, 2.45) is 0 Å². The Hall–Kier alpha value is -1.37. The third-order valence-electron chi connectivity index (χ3n) is 2.10. The van der Waals surface area contributed by atoms with Crippen molar-refractivity contribution in [2.75, 3.05) is 13.2 Å². The molecule has 0 bridgehead atoms. The maximum atomic E-state index is 11.8. The second-order valence-corrected chi connectivity index (χ2v) is 3.85. The molecule has 0 saturated heterocycles. The van der Waals surface area contributed by atoms with Crippen LogP contribution < -0.4 is 5.56 Å². The van der Waals surface area contributed by atoms with Crippen molar-refractivity contribution in [1.29, 1.82) is 0 Å². The third kappa shape index (κ3) is 5.81. The highest BCUT2D eigenvalue weighted by atomic mass is 19.4. The van der Waals surface area contributed by atoms with E-state index in [2.05, 4.69) is 14.7 Å². The SMILES string of the molecule is CCCc1cc(=O)[nH]c(CCOCC(F)(F)F)n1. The molecule has 1 aromatic rings. The van der Waals surface area contributed by atoms with Crippen LogP contribution in [0.1, 0.15) is 24.9 Å². The quantitative estimate of drug-likeness (QED) is 0.798. The van der Waals surface area contributed by atoms with Crippen LogP contribution in [-0.4, -0.2) is 29.4 Å². The highest BCUT2D eigenvalue weighted by Gasteiger charge is 2.27. The van der Waals surface area contributed by atoms with Gasteiger partial charge in [-0.25, -0.2) is 4.98 Å². The Labute approximate surface area is 102 Å². The van der Waals surface area contributed by atoms with Crippen LogP contribution in [0.25, 0.3) is 0 Å². The minimum Gasteiger partial charge on any atom is -0.372 e. The van der Waals surface area contributed by atoms with Gasteiger partial charge in [0.1, 0.15) is 12.4 Å². The van der Waals surface area contributed by atoms with E-state index < -0.39 is 12.8 Å². The topological polar surface area (TPSA) is 55.0 Å². The summed E-state index contributed by atoms with van der Waals surface area (Å²) in [4.78, 5) is 17.9. The van der Waals surface area contributed by atoms with Crippen molar-refractivity contribution in [2.45, 2.75) is 32.4 Å². The monoisotopic (exact) mass is 264 g/mol. The first kappa shape index (κ1) is 14.7. The molecule has 0 radical (unpaired) electrons. The summed E-state index contributed by atoms with van der Waals surface area (Å²) in [6.45, 7) is 0.541. The first-order chi connectivity index (χ1) is 8.40. The van der Waals surface area contributed by atoms with E-state index in [1.54, 1.807) is 0 Å². The molecule has 0 amide bonds. The zero-order chi connectivity index (χ0) is 13.6. The van der Waals surface area contributed by atoms with E-state index >= 15 is 0 Å². The minimum atomic E-state index is -4.33. The number of H-pyrrole nitrogens is 1. The zero-order valence-electron chi connectivity index (χ0n) is 10.0. The van der Waals surface area contributed by atoms with Gasteiger partial charge in [0.25, 0.3) is 5.56 Å². The molecule has 0 spiro atoms. The predicted octanol–water partition coefficient (Wildman–Crippen LogP) is 1.84. The van der Waals surface area contributed by atoms with E-state index in [0.717, 1.165) is 6.42 Å². The summed E-state index contributed by atoms with van der Waals surface area (Å²) in [5.74, 6) is 0.355. The molecule has 0 aromatic carbocycles. The van der Waals surface area contributed by atoms with Gasteiger partial charge in [-0.3, -0.25) is 4.79 Å². The molecule has 0 aliphatic heterocycles. The van der Waals surface area contributed by atoms with Gasteiger partial charge in [-0.15, -0.1) is 0 Å². The number of ether oxygens (including phenoxy) is 1. The number of aromatic nitrogens is 2. The average Bonchev–Trinajstić information content (AvgIpc) is 2.23. The van der Waals surface area contributed by atoms with Crippen molar-refractivity contribution >= 4 is 0 Å². The Kier molecular flexibility index (Phi) is 5.33. The fourth-order valence-corrected chi connectivity index (χ4v) is 1.42. The van der Waals surface area contributed by atoms with Gasteiger partial charge in [-0.1, -0.05) is 13.3 Å². The predicted molar refractivity (Wildman–Crippen MR) is 59.4 cm³/mol. The van der Waals surface area contributed by atoms with Gasteiger partial charge in [0, 0.05) is 18.2 Å². The van der Waals surface area contributed by atoms with Crippen LogP contribution in [0, 0.1) is 0 Å². The lowest BCUT2D eigenvalue weighted by Crippen LogP contribution is -2.19.